The molecule has 0 aliphatic rings. The number of hydrogen-bond acceptors (Lipinski definition) is 5. The van der Waals surface area contributed by atoms with Gasteiger partial charge < -0.3 is 11.1 Å². The number of halogens is 2. The molecule has 0 aliphatic heterocycles. The van der Waals surface area contributed by atoms with E-state index in [2.05, 4.69) is 14.1 Å². The molecule has 0 saturated heterocycles. The van der Waals surface area contributed by atoms with Gasteiger partial charge in [-0.25, -0.2) is 0 Å². The molecular weight excluding hydrogens is 283 g/mol. The van der Waals surface area contributed by atoms with E-state index in [0.29, 0.717) is 26.8 Å². The van der Waals surface area contributed by atoms with Gasteiger partial charge in [0.2, 0.25) is 5.91 Å². The quantitative estimate of drug-likeness (QED) is 0.889. The first kappa shape index (κ1) is 12.5. The Morgan fingerprint density at radius 2 is 2.06 bits per heavy atom. The maximum Gasteiger partial charge on any atom is 0.241 e. The van der Waals surface area contributed by atoms with Crippen molar-refractivity contribution in [2.75, 3.05) is 5.32 Å². The van der Waals surface area contributed by atoms with Crippen LogP contribution in [0.25, 0.3) is 11.0 Å². The number of fused-ring (bicyclic) bond motifs is 1. The number of hydrogen-bond donors (Lipinski definition) is 2. The third kappa shape index (κ3) is 2.35. The van der Waals surface area contributed by atoms with Crippen LogP contribution in [-0.2, 0) is 4.79 Å². The molecule has 1 aromatic heterocycles. The van der Waals surface area contributed by atoms with Crippen LogP contribution in [0.15, 0.2) is 6.07 Å². The van der Waals surface area contributed by atoms with Crippen LogP contribution in [0.3, 0.4) is 0 Å². The summed E-state index contributed by atoms with van der Waals surface area (Å²) in [6.45, 7) is 1.58. The number of nitrogens with one attached hydrogen (secondary N) is 1. The van der Waals surface area contributed by atoms with Gasteiger partial charge in [0.1, 0.15) is 11.0 Å². The van der Waals surface area contributed by atoms with Crippen molar-refractivity contribution in [3.63, 3.8) is 0 Å². The molecule has 0 bridgehead atoms. The van der Waals surface area contributed by atoms with Gasteiger partial charge in [0.05, 0.1) is 33.5 Å². The van der Waals surface area contributed by atoms with Gasteiger partial charge in [-0.05, 0) is 13.0 Å². The number of carbonyl (C=O) groups excluding carboxylic acids is 1. The standard InChI is InChI=1S/C9H8Cl2N4OS/c1-3(12)9(16)13-6-4(10)2-5(11)7-8(6)15-17-14-7/h2-3H,12H2,1H3,(H,13,16)/t3-/m1/s1. The lowest BCUT2D eigenvalue weighted by Gasteiger charge is -2.10. The Morgan fingerprint density at radius 1 is 1.41 bits per heavy atom. The number of nitrogens with zero attached hydrogens (tertiary/aromatic N) is 2. The maximum atomic E-state index is 11.5. The molecule has 1 amide bonds. The summed E-state index contributed by atoms with van der Waals surface area (Å²) in [5.74, 6) is -0.344. The number of amides is 1. The van der Waals surface area contributed by atoms with E-state index in [4.69, 9.17) is 28.9 Å². The smallest absolute Gasteiger partial charge is 0.241 e. The highest BCUT2D eigenvalue weighted by Crippen LogP contribution is 2.35. The summed E-state index contributed by atoms with van der Waals surface area (Å²) in [5, 5.41) is 3.33. The predicted octanol–water partition coefficient (Wildman–Crippen LogP) is 2.28. The van der Waals surface area contributed by atoms with Crippen LogP contribution < -0.4 is 11.1 Å². The molecule has 0 saturated carbocycles. The molecule has 0 spiro atoms. The lowest BCUT2D eigenvalue weighted by molar-refractivity contribution is -0.117. The van der Waals surface area contributed by atoms with Crippen molar-refractivity contribution in [3.05, 3.63) is 16.1 Å². The Bertz CT molecular complexity index is 584. The monoisotopic (exact) mass is 290 g/mol. The van der Waals surface area contributed by atoms with Gasteiger partial charge in [0.25, 0.3) is 0 Å². The average molecular weight is 291 g/mol. The highest BCUT2D eigenvalue weighted by molar-refractivity contribution is 7.00. The summed E-state index contributed by atoms with van der Waals surface area (Å²) in [6.07, 6.45) is 0. The third-order valence-electron chi connectivity index (χ3n) is 2.11. The summed E-state index contributed by atoms with van der Waals surface area (Å²) in [7, 11) is 0. The molecule has 0 radical (unpaired) electrons. The summed E-state index contributed by atoms with van der Waals surface area (Å²) in [6, 6.07) is 0.882. The first-order chi connectivity index (χ1) is 8.00. The molecule has 17 heavy (non-hydrogen) atoms. The second-order valence-corrected chi connectivity index (χ2v) is 4.80. The molecule has 0 fully saturated rings. The van der Waals surface area contributed by atoms with Crippen molar-refractivity contribution in [2.24, 2.45) is 5.73 Å². The molecule has 2 rings (SSSR count). The van der Waals surface area contributed by atoms with Crippen molar-refractivity contribution in [2.45, 2.75) is 13.0 Å². The molecule has 1 atom stereocenters. The van der Waals surface area contributed by atoms with Crippen LogP contribution in [0.2, 0.25) is 10.0 Å². The SMILES string of the molecule is C[C@@H](N)C(=O)Nc1c(Cl)cc(Cl)c2nsnc12. The fraction of sp³-hybridized carbons (Fsp3) is 0.222. The summed E-state index contributed by atoms with van der Waals surface area (Å²) >= 11 is 13.0. The van der Waals surface area contributed by atoms with Crippen molar-refractivity contribution in [1.29, 1.82) is 0 Å². The van der Waals surface area contributed by atoms with Crippen LogP contribution in [0.1, 0.15) is 6.92 Å². The van der Waals surface area contributed by atoms with E-state index < -0.39 is 6.04 Å². The van der Waals surface area contributed by atoms with Gasteiger partial charge in [0.15, 0.2) is 0 Å². The van der Waals surface area contributed by atoms with Crippen LogP contribution >= 0.6 is 34.9 Å². The number of aromatic nitrogens is 2. The number of benzene rings is 1. The summed E-state index contributed by atoms with van der Waals surface area (Å²) in [5.41, 5.74) is 6.85. The minimum absolute atomic E-state index is 0.309. The Hall–Kier alpha value is -0.950. The highest BCUT2D eigenvalue weighted by Gasteiger charge is 2.17. The van der Waals surface area contributed by atoms with Gasteiger partial charge in [-0.1, -0.05) is 23.2 Å². The molecule has 0 aliphatic carbocycles. The summed E-state index contributed by atoms with van der Waals surface area (Å²) < 4.78 is 8.09. The van der Waals surface area contributed by atoms with Crippen LogP contribution in [-0.4, -0.2) is 20.7 Å². The van der Waals surface area contributed by atoms with Gasteiger partial charge in [-0.3, -0.25) is 4.79 Å². The number of rotatable bonds is 2. The Kier molecular flexibility index (Phi) is 3.48. The fourth-order valence-corrected chi connectivity index (χ4v) is 2.39. The maximum absolute atomic E-state index is 11.5. The van der Waals surface area contributed by atoms with Gasteiger partial charge in [-0.15, -0.1) is 0 Å². The van der Waals surface area contributed by atoms with Gasteiger partial charge in [0, 0.05) is 0 Å². The lowest BCUT2D eigenvalue weighted by Crippen LogP contribution is -2.32. The predicted molar refractivity (Wildman–Crippen MR) is 69.7 cm³/mol. The molecule has 0 unspecified atom stereocenters. The normalized spacial score (nSPS) is 12.7. The van der Waals surface area contributed by atoms with Crippen molar-refractivity contribution >= 4 is 57.6 Å². The minimum atomic E-state index is -0.636. The molecule has 1 heterocycles. The third-order valence-corrected chi connectivity index (χ3v) is 3.22. The second-order valence-electron chi connectivity index (χ2n) is 3.45. The molecule has 90 valence electrons. The number of carbonyl (C=O) groups is 1. The fourth-order valence-electron chi connectivity index (χ4n) is 1.23. The largest absolute Gasteiger partial charge is 0.322 e. The zero-order valence-electron chi connectivity index (χ0n) is 8.70. The molecule has 2 aromatic rings. The van der Waals surface area contributed by atoms with E-state index in [1.54, 1.807) is 6.92 Å². The first-order valence-electron chi connectivity index (χ1n) is 4.67. The second kappa shape index (κ2) is 4.73. The van der Waals surface area contributed by atoms with Crippen LogP contribution in [0, 0.1) is 0 Å². The lowest BCUT2D eigenvalue weighted by atomic mass is 10.2. The van der Waals surface area contributed by atoms with E-state index in [9.17, 15) is 4.79 Å². The van der Waals surface area contributed by atoms with Crippen molar-refractivity contribution < 1.29 is 4.79 Å². The first-order valence-corrected chi connectivity index (χ1v) is 6.16. The Morgan fingerprint density at radius 3 is 2.71 bits per heavy atom. The van der Waals surface area contributed by atoms with Crippen molar-refractivity contribution in [1.82, 2.24) is 8.75 Å². The van der Waals surface area contributed by atoms with E-state index >= 15 is 0 Å². The minimum Gasteiger partial charge on any atom is -0.322 e. The Labute approximate surface area is 111 Å². The molecule has 3 N–H and O–H groups in total. The van der Waals surface area contributed by atoms with Crippen LogP contribution in [0.4, 0.5) is 5.69 Å². The molecule has 5 nitrogen and oxygen atoms in total. The van der Waals surface area contributed by atoms with E-state index in [0.717, 1.165) is 11.7 Å². The van der Waals surface area contributed by atoms with Gasteiger partial charge >= 0.3 is 0 Å². The highest BCUT2D eigenvalue weighted by atomic mass is 35.5. The Balaban J connectivity index is 2.53. The number of nitrogens with two attached hydrogens (primary N) is 1. The average Bonchev–Trinajstić information content (AvgIpc) is 2.72. The van der Waals surface area contributed by atoms with E-state index in [1.807, 2.05) is 0 Å². The molecular formula is C9H8Cl2N4OS. The molecule has 1 aromatic carbocycles. The van der Waals surface area contributed by atoms with E-state index in [1.165, 1.54) is 6.07 Å². The zero-order chi connectivity index (χ0) is 12.6. The summed E-state index contributed by atoms with van der Waals surface area (Å²) in [4.78, 5) is 11.5. The van der Waals surface area contributed by atoms with Crippen LogP contribution in [0.5, 0.6) is 0 Å². The van der Waals surface area contributed by atoms with E-state index in [-0.39, 0.29) is 5.91 Å². The van der Waals surface area contributed by atoms with Crippen molar-refractivity contribution in [3.8, 4) is 0 Å². The number of anilines is 1. The van der Waals surface area contributed by atoms with Gasteiger partial charge in [-0.2, -0.15) is 8.75 Å². The topological polar surface area (TPSA) is 80.9 Å². The zero-order valence-corrected chi connectivity index (χ0v) is 11.0. The molecule has 8 heteroatoms.